The van der Waals surface area contributed by atoms with Crippen molar-refractivity contribution in [3.63, 3.8) is 0 Å². The van der Waals surface area contributed by atoms with Gasteiger partial charge in [-0.25, -0.2) is 4.98 Å². The summed E-state index contributed by atoms with van der Waals surface area (Å²) in [7, 11) is 0. The zero-order valence-corrected chi connectivity index (χ0v) is 18.5. The predicted octanol–water partition coefficient (Wildman–Crippen LogP) is 5.31. The number of carbonyl (C=O) groups excluding carboxylic acids is 1. The maximum Gasteiger partial charge on any atom is 0.246 e. The van der Waals surface area contributed by atoms with E-state index in [0.717, 1.165) is 29.0 Å². The van der Waals surface area contributed by atoms with Crippen LogP contribution in [0.2, 0.25) is 0 Å². The molecular weight excluding hydrogens is 434 g/mol. The van der Waals surface area contributed by atoms with Gasteiger partial charge in [-0.15, -0.1) is 22.7 Å². The number of aromatic nitrogens is 4. The van der Waals surface area contributed by atoms with Crippen LogP contribution in [0.4, 0.5) is 5.13 Å². The van der Waals surface area contributed by atoms with Crippen LogP contribution in [-0.2, 0) is 24.2 Å². The van der Waals surface area contributed by atoms with E-state index in [1.807, 2.05) is 22.9 Å². The maximum absolute atomic E-state index is 12.6. The van der Waals surface area contributed by atoms with Crippen molar-refractivity contribution >= 4 is 45.9 Å². The highest BCUT2D eigenvalue weighted by Gasteiger charge is 2.15. The second-order valence-electron chi connectivity index (χ2n) is 7.19. The fourth-order valence-corrected chi connectivity index (χ4v) is 5.37. The van der Waals surface area contributed by atoms with Crippen molar-refractivity contribution < 1.29 is 4.79 Å². The highest BCUT2D eigenvalue weighted by atomic mass is 32.1. The highest BCUT2D eigenvalue weighted by Crippen LogP contribution is 2.30. The van der Waals surface area contributed by atoms with Crippen molar-refractivity contribution in [1.82, 2.24) is 19.7 Å². The first-order valence-electron chi connectivity index (χ1n) is 9.74. The van der Waals surface area contributed by atoms with Gasteiger partial charge in [-0.3, -0.25) is 14.5 Å². The molecule has 3 aromatic heterocycles. The van der Waals surface area contributed by atoms with E-state index in [1.54, 1.807) is 15.9 Å². The molecule has 0 saturated heterocycles. The van der Waals surface area contributed by atoms with E-state index in [-0.39, 0.29) is 12.5 Å². The van der Waals surface area contributed by atoms with Crippen LogP contribution in [0.5, 0.6) is 0 Å². The highest BCUT2D eigenvalue weighted by molar-refractivity contribution is 7.71. The summed E-state index contributed by atoms with van der Waals surface area (Å²) in [6.07, 6.45) is 4.82. The summed E-state index contributed by atoms with van der Waals surface area (Å²) in [5.41, 5.74) is 4.87. The van der Waals surface area contributed by atoms with Crippen LogP contribution < -0.4 is 5.32 Å². The van der Waals surface area contributed by atoms with Gasteiger partial charge < -0.3 is 5.32 Å². The minimum atomic E-state index is -0.184. The van der Waals surface area contributed by atoms with Crippen LogP contribution in [0.3, 0.4) is 0 Å². The van der Waals surface area contributed by atoms with Crippen LogP contribution >= 0.6 is 34.9 Å². The van der Waals surface area contributed by atoms with Crippen LogP contribution in [0, 0.1) is 4.77 Å². The zero-order chi connectivity index (χ0) is 20.5. The fraction of sp³-hybridized carbons (Fsp3) is 0.238. The van der Waals surface area contributed by atoms with Gasteiger partial charge in [0.25, 0.3) is 0 Å². The zero-order valence-electron chi connectivity index (χ0n) is 16.1. The molecule has 0 bridgehead atoms. The second-order valence-corrected chi connectivity index (χ2v) is 9.38. The lowest BCUT2D eigenvalue weighted by molar-refractivity contribution is -0.116. The first-order valence-corrected chi connectivity index (χ1v) is 11.9. The average molecular weight is 454 g/mol. The lowest BCUT2D eigenvalue weighted by Crippen LogP contribution is -2.19. The van der Waals surface area contributed by atoms with Crippen LogP contribution in [0.15, 0.2) is 41.1 Å². The van der Waals surface area contributed by atoms with Crippen LogP contribution in [0.1, 0.15) is 24.0 Å². The number of carbonyl (C=O) groups is 1. The minimum Gasteiger partial charge on any atom is -0.300 e. The Kier molecular flexibility index (Phi) is 5.32. The Balaban J connectivity index is 1.31. The van der Waals surface area contributed by atoms with E-state index in [9.17, 15) is 4.79 Å². The van der Waals surface area contributed by atoms with Gasteiger partial charge in [-0.2, -0.15) is 5.10 Å². The van der Waals surface area contributed by atoms with Crippen molar-refractivity contribution in [2.24, 2.45) is 0 Å². The Bertz CT molecular complexity index is 1250. The molecule has 1 aliphatic rings. The molecule has 0 saturated carbocycles. The molecule has 0 spiro atoms. The Morgan fingerprint density at radius 1 is 1.20 bits per heavy atom. The van der Waals surface area contributed by atoms with Crippen LogP contribution in [0.25, 0.3) is 22.0 Å². The number of nitrogens with zero attached hydrogens (tertiary/aromatic N) is 3. The number of rotatable bonds is 5. The first kappa shape index (κ1) is 19.3. The van der Waals surface area contributed by atoms with E-state index in [2.05, 4.69) is 38.7 Å². The number of nitrogens with one attached hydrogen (secondary N) is 2. The Labute approximate surface area is 186 Å². The third kappa shape index (κ3) is 3.88. The number of thiazole rings is 1. The number of anilines is 1. The molecule has 2 N–H and O–H groups in total. The number of fused-ring (bicyclic) bond motifs is 1. The fourth-order valence-electron chi connectivity index (χ4n) is 3.72. The predicted molar refractivity (Wildman–Crippen MR) is 124 cm³/mol. The number of benzene rings is 1. The summed E-state index contributed by atoms with van der Waals surface area (Å²) in [5.74, 6) is 0.482. The van der Waals surface area contributed by atoms with Crippen molar-refractivity contribution in [3.05, 3.63) is 57.0 Å². The molecule has 0 atom stereocenters. The number of hydrogen-bond donors (Lipinski definition) is 2. The maximum atomic E-state index is 12.6. The summed E-state index contributed by atoms with van der Waals surface area (Å²) >= 11 is 8.29. The van der Waals surface area contributed by atoms with Crippen molar-refractivity contribution in [2.75, 3.05) is 5.32 Å². The molecule has 152 valence electrons. The van der Waals surface area contributed by atoms with Gasteiger partial charge in [0.05, 0.1) is 10.6 Å². The molecule has 0 radical (unpaired) electrons. The van der Waals surface area contributed by atoms with Gasteiger partial charge in [0, 0.05) is 10.9 Å². The Morgan fingerprint density at radius 3 is 2.90 bits per heavy atom. The molecule has 0 fully saturated rings. The lowest BCUT2D eigenvalue weighted by Gasteiger charge is -2.16. The molecule has 30 heavy (non-hydrogen) atoms. The van der Waals surface area contributed by atoms with Gasteiger partial charge in [0.2, 0.25) is 5.91 Å². The summed E-state index contributed by atoms with van der Waals surface area (Å²) in [4.78, 5) is 18.2. The number of aromatic amines is 1. The van der Waals surface area contributed by atoms with Crippen molar-refractivity contribution in [3.8, 4) is 22.0 Å². The number of amides is 1. The molecule has 0 aliphatic heterocycles. The quantitative estimate of drug-likeness (QED) is 0.402. The molecular formula is C21H19N5OS3. The molecule has 1 amide bonds. The van der Waals surface area contributed by atoms with Gasteiger partial charge in [-0.05, 0) is 66.5 Å². The first-order chi connectivity index (χ1) is 14.7. The van der Waals surface area contributed by atoms with Gasteiger partial charge >= 0.3 is 0 Å². The van der Waals surface area contributed by atoms with E-state index < -0.39 is 0 Å². The third-order valence-corrected chi connectivity index (χ3v) is 7.13. The number of thiophene rings is 1. The minimum absolute atomic E-state index is 0.0797. The molecule has 6 nitrogen and oxygen atoms in total. The Morgan fingerprint density at radius 2 is 2.07 bits per heavy atom. The third-order valence-electron chi connectivity index (χ3n) is 5.20. The van der Waals surface area contributed by atoms with Gasteiger partial charge in [0.1, 0.15) is 6.54 Å². The molecule has 1 aromatic carbocycles. The molecule has 4 aromatic rings. The summed E-state index contributed by atoms with van der Waals surface area (Å²) in [6.45, 7) is 0.0797. The standard InChI is InChI=1S/C21H19N5OS3/c27-18(11-26-19(24-25-21(26)28)17-6-3-9-29-17)23-20-22-16(12-30-20)15-8-7-13-4-1-2-5-14(13)10-15/h3,6-10,12H,1-2,4-5,11H2,(H,25,28)(H,22,23,27). The van der Waals surface area contributed by atoms with E-state index in [1.165, 1.54) is 35.3 Å². The van der Waals surface area contributed by atoms with Crippen molar-refractivity contribution in [1.29, 1.82) is 0 Å². The summed E-state index contributed by atoms with van der Waals surface area (Å²) in [6, 6.07) is 10.5. The number of H-pyrrole nitrogens is 1. The number of hydrogen-bond acceptors (Lipinski definition) is 6. The summed E-state index contributed by atoms with van der Waals surface area (Å²) in [5, 5.41) is 14.5. The molecule has 5 rings (SSSR count). The topological polar surface area (TPSA) is 75.6 Å². The summed E-state index contributed by atoms with van der Waals surface area (Å²) < 4.78 is 2.12. The van der Waals surface area contributed by atoms with Crippen molar-refractivity contribution in [2.45, 2.75) is 32.2 Å². The number of aryl methyl sites for hydroxylation is 2. The van der Waals surface area contributed by atoms with E-state index in [0.29, 0.717) is 15.7 Å². The van der Waals surface area contributed by atoms with E-state index >= 15 is 0 Å². The lowest BCUT2D eigenvalue weighted by atomic mass is 9.90. The smallest absolute Gasteiger partial charge is 0.246 e. The molecule has 3 heterocycles. The van der Waals surface area contributed by atoms with Gasteiger partial charge in [-0.1, -0.05) is 18.2 Å². The van der Waals surface area contributed by atoms with Crippen LogP contribution in [-0.4, -0.2) is 25.7 Å². The molecule has 0 unspecified atom stereocenters. The Hall–Kier alpha value is -2.62. The van der Waals surface area contributed by atoms with Gasteiger partial charge in [0.15, 0.2) is 15.7 Å². The molecule has 9 heteroatoms. The molecule has 1 aliphatic carbocycles. The largest absolute Gasteiger partial charge is 0.300 e. The SMILES string of the molecule is O=C(Cn1c(-c2cccs2)n[nH]c1=S)Nc1nc(-c2ccc3c(c2)CCCC3)cs1. The van der Waals surface area contributed by atoms with E-state index in [4.69, 9.17) is 12.2 Å². The monoisotopic (exact) mass is 453 g/mol. The second kappa shape index (κ2) is 8.25. The normalized spacial score (nSPS) is 13.2. The average Bonchev–Trinajstić information content (AvgIpc) is 3.50.